The van der Waals surface area contributed by atoms with Crippen molar-refractivity contribution in [3.8, 4) is 16.9 Å². The summed E-state index contributed by atoms with van der Waals surface area (Å²) in [6, 6.07) is 12.2. The Balaban J connectivity index is 2.64. The average molecular weight is 250 g/mol. The van der Waals surface area contributed by atoms with E-state index in [0.29, 0.717) is 11.1 Å². The van der Waals surface area contributed by atoms with Gasteiger partial charge in [0.05, 0.1) is 0 Å². The van der Waals surface area contributed by atoms with E-state index >= 15 is 0 Å². The molecule has 5 heteroatoms. The van der Waals surface area contributed by atoms with Gasteiger partial charge in [-0.05, 0) is 23.8 Å². The first kappa shape index (κ1) is 11.6. The minimum atomic E-state index is -4.25. The van der Waals surface area contributed by atoms with Gasteiger partial charge in [0.15, 0.2) is 0 Å². The Morgan fingerprint density at radius 2 is 1.47 bits per heavy atom. The summed E-state index contributed by atoms with van der Waals surface area (Å²) in [5.74, 6) is 0.0955. The molecule has 0 amide bonds. The molecule has 0 saturated heterocycles. The first-order chi connectivity index (χ1) is 7.98. The summed E-state index contributed by atoms with van der Waals surface area (Å²) in [5, 5.41) is 9.17. The van der Waals surface area contributed by atoms with Crippen LogP contribution in [0, 0.1) is 0 Å². The Morgan fingerprint density at radius 3 is 2.06 bits per heavy atom. The summed E-state index contributed by atoms with van der Waals surface area (Å²) < 4.78 is 31.5. The van der Waals surface area contributed by atoms with Crippen molar-refractivity contribution in [2.75, 3.05) is 0 Å². The van der Waals surface area contributed by atoms with Crippen molar-refractivity contribution in [1.29, 1.82) is 0 Å². The van der Waals surface area contributed by atoms with Crippen LogP contribution in [0.15, 0.2) is 53.4 Å². The topological polar surface area (TPSA) is 74.6 Å². The molecule has 0 aliphatic heterocycles. The summed E-state index contributed by atoms with van der Waals surface area (Å²) in [4.78, 5) is -0.148. The highest BCUT2D eigenvalue weighted by molar-refractivity contribution is 7.86. The van der Waals surface area contributed by atoms with Crippen molar-refractivity contribution in [2.45, 2.75) is 4.90 Å². The van der Waals surface area contributed by atoms with E-state index < -0.39 is 10.1 Å². The van der Waals surface area contributed by atoms with E-state index in [1.807, 2.05) is 0 Å². The Bertz CT molecular complexity index is 630. The van der Waals surface area contributed by atoms with Crippen LogP contribution in [0.25, 0.3) is 11.1 Å². The van der Waals surface area contributed by atoms with Crippen LogP contribution in [0.1, 0.15) is 0 Å². The predicted octanol–water partition coefficient (Wildman–Crippen LogP) is 2.31. The first-order valence-corrected chi connectivity index (χ1v) is 6.28. The Morgan fingerprint density at radius 1 is 0.882 bits per heavy atom. The zero-order chi connectivity index (χ0) is 12.5. The molecule has 2 N–H and O–H groups in total. The molecule has 0 aliphatic rings. The molecular weight excluding hydrogens is 240 g/mol. The van der Waals surface area contributed by atoms with E-state index in [0.717, 1.165) is 0 Å². The molecule has 0 spiro atoms. The lowest BCUT2D eigenvalue weighted by Gasteiger charge is -2.06. The molecule has 2 rings (SSSR count). The molecule has 0 bridgehead atoms. The number of hydrogen-bond donors (Lipinski definition) is 2. The largest absolute Gasteiger partial charge is 0.508 e. The zero-order valence-corrected chi connectivity index (χ0v) is 9.55. The van der Waals surface area contributed by atoms with Crippen molar-refractivity contribution in [3.63, 3.8) is 0 Å². The summed E-state index contributed by atoms with van der Waals surface area (Å²) in [6.07, 6.45) is 0. The van der Waals surface area contributed by atoms with Gasteiger partial charge in [0, 0.05) is 5.56 Å². The number of benzene rings is 2. The van der Waals surface area contributed by atoms with Crippen LogP contribution in [0.5, 0.6) is 5.75 Å². The highest BCUT2D eigenvalue weighted by Crippen LogP contribution is 2.28. The predicted molar refractivity (Wildman–Crippen MR) is 63.4 cm³/mol. The molecule has 88 valence electrons. The molecular formula is C12H10O4S. The molecule has 0 aliphatic carbocycles. The van der Waals surface area contributed by atoms with Crippen LogP contribution in [0.3, 0.4) is 0 Å². The first-order valence-electron chi connectivity index (χ1n) is 4.84. The minimum absolute atomic E-state index is 0.0955. The fraction of sp³-hybridized carbons (Fsp3) is 0. The quantitative estimate of drug-likeness (QED) is 0.802. The Labute approximate surface area is 98.9 Å². The van der Waals surface area contributed by atoms with Gasteiger partial charge in [-0.25, -0.2) is 0 Å². The van der Waals surface area contributed by atoms with Gasteiger partial charge in [0.1, 0.15) is 10.6 Å². The van der Waals surface area contributed by atoms with Gasteiger partial charge < -0.3 is 5.11 Å². The number of rotatable bonds is 2. The summed E-state index contributed by atoms with van der Waals surface area (Å²) in [5.41, 5.74) is 1.01. The fourth-order valence-corrected chi connectivity index (χ4v) is 2.29. The van der Waals surface area contributed by atoms with Gasteiger partial charge in [-0.2, -0.15) is 8.42 Å². The standard InChI is InChI=1S/C12H10O4S/c13-10-7-5-9(6-8-10)11-3-1-2-4-12(11)17(14,15)16/h1-8,13H,(H,14,15,16). The van der Waals surface area contributed by atoms with E-state index in [4.69, 9.17) is 9.66 Å². The number of aromatic hydroxyl groups is 1. The third kappa shape index (κ3) is 2.46. The molecule has 17 heavy (non-hydrogen) atoms. The molecule has 0 atom stereocenters. The van der Waals surface area contributed by atoms with Crippen LogP contribution >= 0.6 is 0 Å². The van der Waals surface area contributed by atoms with E-state index in [-0.39, 0.29) is 10.6 Å². The van der Waals surface area contributed by atoms with Crippen LogP contribution in [-0.2, 0) is 10.1 Å². The second kappa shape index (κ2) is 4.20. The van der Waals surface area contributed by atoms with Gasteiger partial charge in [-0.3, -0.25) is 4.55 Å². The number of phenols is 1. The lowest BCUT2D eigenvalue weighted by Crippen LogP contribution is -2.00. The molecule has 0 fully saturated rings. The minimum Gasteiger partial charge on any atom is -0.508 e. The van der Waals surface area contributed by atoms with Crippen LogP contribution < -0.4 is 0 Å². The molecule has 0 aromatic heterocycles. The van der Waals surface area contributed by atoms with Crippen molar-refractivity contribution in [3.05, 3.63) is 48.5 Å². The molecule has 0 saturated carbocycles. The number of phenolic OH excluding ortho intramolecular Hbond substituents is 1. The van der Waals surface area contributed by atoms with E-state index in [9.17, 15) is 8.42 Å². The highest BCUT2D eigenvalue weighted by Gasteiger charge is 2.15. The van der Waals surface area contributed by atoms with Gasteiger partial charge >= 0.3 is 0 Å². The average Bonchev–Trinajstić information content (AvgIpc) is 2.29. The maximum atomic E-state index is 11.2. The van der Waals surface area contributed by atoms with Crippen molar-refractivity contribution in [2.24, 2.45) is 0 Å². The second-order valence-electron chi connectivity index (χ2n) is 3.52. The normalized spacial score (nSPS) is 11.4. The number of hydrogen-bond acceptors (Lipinski definition) is 3. The Hall–Kier alpha value is -1.85. The van der Waals surface area contributed by atoms with Crippen molar-refractivity contribution < 1.29 is 18.1 Å². The second-order valence-corrected chi connectivity index (χ2v) is 4.91. The maximum Gasteiger partial charge on any atom is 0.295 e. The lowest BCUT2D eigenvalue weighted by atomic mass is 10.1. The third-order valence-corrected chi connectivity index (χ3v) is 3.26. The van der Waals surface area contributed by atoms with E-state index in [2.05, 4.69) is 0 Å². The summed E-state index contributed by atoms with van der Waals surface area (Å²) in [6.45, 7) is 0. The highest BCUT2D eigenvalue weighted by atomic mass is 32.2. The molecule has 0 radical (unpaired) electrons. The summed E-state index contributed by atoms with van der Waals surface area (Å²) >= 11 is 0. The lowest BCUT2D eigenvalue weighted by molar-refractivity contribution is 0.475. The molecule has 4 nitrogen and oxygen atoms in total. The van der Waals surface area contributed by atoms with Gasteiger partial charge in [0.2, 0.25) is 0 Å². The molecule has 2 aromatic carbocycles. The maximum absolute atomic E-state index is 11.2. The van der Waals surface area contributed by atoms with Crippen LogP contribution in [0.2, 0.25) is 0 Å². The van der Waals surface area contributed by atoms with Gasteiger partial charge in [0.25, 0.3) is 10.1 Å². The van der Waals surface area contributed by atoms with Crippen molar-refractivity contribution >= 4 is 10.1 Å². The van der Waals surface area contributed by atoms with Gasteiger partial charge in [-0.15, -0.1) is 0 Å². The van der Waals surface area contributed by atoms with Crippen LogP contribution in [-0.4, -0.2) is 18.1 Å². The molecule has 2 aromatic rings. The van der Waals surface area contributed by atoms with Crippen LogP contribution in [0.4, 0.5) is 0 Å². The fourth-order valence-electron chi connectivity index (χ4n) is 1.57. The smallest absolute Gasteiger partial charge is 0.295 e. The third-order valence-electron chi connectivity index (χ3n) is 2.34. The zero-order valence-electron chi connectivity index (χ0n) is 8.74. The van der Waals surface area contributed by atoms with E-state index in [1.54, 1.807) is 24.3 Å². The van der Waals surface area contributed by atoms with E-state index in [1.165, 1.54) is 24.3 Å². The monoisotopic (exact) mass is 250 g/mol. The molecule has 0 heterocycles. The summed E-state index contributed by atoms with van der Waals surface area (Å²) in [7, 11) is -4.25. The SMILES string of the molecule is O=S(=O)(O)c1ccccc1-c1ccc(O)cc1. The van der Waals surface area contributed by atoms with Crippen molar-refractivity contribution in [1.82, 2.24) is 0 Å². The molecule has 0 unspecified atom stereocenters. The van der Waals surface area contributed by atoms with Gasteiger partial charge in [-0.1, -0.05) is 30.3 Å². The Kier molecular flexibility index (Phi) is 2.87.